The van der Waals surface area contributed by atoms with Crippen molar-refractivity contribution >= 4 is 5.97 Å². The van der Waals surface area contributed by atoms with Crippen LogP contribution in [0.4, 0.5) is 0 Å². The van der Waals surface area contributed by atoms with E-state index in [1.807, 2.05) is 6.92 Å². The highest BCUT2D eigenvalue weighted by Crippen LogP contribution is 2.01. The van der Waals surface area contributed by atoms with Crippen LogP contribution in [0, 0.1) is 6.92 Å². The summed E-state index contributed by atoms with van der Waals surface area (Å²) < 4.78 is 5.29. The van der Waals surface area contributed by atoms with Gasteiger partial charge in [-0.3, -0.25) is 4.79 Å². The highest BCUT2D eigenvalue weighted by atomic mass is 16.4. The van der Waals surface area contributed by atoms with Crippen molar-refractivity contribution in [2.24, 2.45) is 0 Å². The van der Waals surface area contributed by atoms with Crippen LogP contribution in [0.25, 0.3) is 0 Å². The summed E-state index contributed by atoms with van der Waals surface area (Å²) in [4.78, 5) is 14.3. The van der Waals surface area contributed by atoms with E-state index in [1.165, 1.54) is 0 Å². The number of oxazole rings is 1. The van der Waals surface area contributed by atoms with Gasteiger partial charge in [0.1, 0.15) is 5.76 Å². The SMILES string of the molecule is Cc1cnc(CNCCCCCC(=O)O)o1. The Labute approximate surface area is 94.9 Å². The Balaban J connectivity index is 1.94. The lowest BCUT2D eigenvalue weighted by molar-refractivity contribution is -0.137. The zero-order chi connectivity index (χ0) is 11.8. The normalized spacial score (nSPS) is 10.6. The summed E-state index contributed by atoms with van der Waals surface area (Å²) in [6.45, 7) is 3.36. The number of aliphatic carboxylic acids is 1. The van der Waals surface area contributed by atoms with E-state index in [2.05, 4.69) is 10.3 Å². The Bertz CT molecular complexity index is 323. The quantitative estimate of drug-likeness (QED) is 0.660. The van der Waals surface area contributed by atoms with E-state index in [1.54, 1.807) is 6.20 Å². The Kier molecular flexibility index (Phi) is 5.56. The summed E-state index contributed by atoms with van der Waals surface area (Å²) in [5.41, 5.74) is 0. The van der Waals surface area contributed by atoms with Crippen molar-refractivity contribution in [1.29, 1.82) is 0 Å². The van der Waals surface area contributed by atoms with E-state index in [0.29, 0.717) is 12.4 Å². The van der Waals surface area contributed by atoms with Gasteiger partial charge >= 0.3 is 5.97 Å². The Morgan fingerprint density at radius 3 is 2.94 bits per heavy atom. The maximum absolute atomic E-state index is 10.2. The molecule has 1 heterocycles. The number of carboxylic acids is 1. The molecule has 0 unspecified atom stereocenters. The summed E-state index contributed by atoms with van der Waals surface area (Å²) in [6.07, 6.45) is 4.62. The van der Waals surface area contributed by atoms with Gasteiger partial charge in [0.15, 0.2) is 0 Å². The van der Waals surface area contributed by atoms with Crippen LogP contribution in [-0.2, 0) is 11.3 Å². The first-order chi connectivity index (χ1) is 7.68. The van der Waals surface area contributed by atoms with Crippen LogP contribution in [0.5, 0.6) is 0 Å². The third kappa shape index (κ3) is 5.50. The molecule has 0 amide bonds. The first kappa shape index (κ1) is 12.7. The third-order valence-corrected chi connectivity index (χ3v) is 2.19. The predicted molar refractivity (Wildman–Crippen MR) is 59.1 cm³/mol. The zero-order valence-electron chi connectivity index (χ0n) is 9.53. The van der Waals surface area contributed by atoms with Crippen LogP contribution in [0.1, 0.15) is 37.3 Å². The minimum atomic E-state index is -0.719. The minimum absolute atomic E-state index is 0.263. The van der Waals surface area contributed by atoms with Crippen LogP contribution in [-0.4, -0.2) is 22.6 Å². The molecule has 0 aliphatic carbocycles. The van der Waals surface area contributed by atoms with Crippen LogP contribution < -0.4 is 5.32 Å². The molecule has 16 heavy (non-hydrogen) atoms. The first-order valence-electron chi connectivity index (χ1n) is 5.52. The van der Waals surface area contributed by atoms with Gasteiger partial charge in [-0.25, -0.2) is 4.98 Å². The number of aryl methyl sites for hydroxylation is 1. The van der Waals surface area contributed by atoms with E-state index in [0.717, 1.165) is 31.6 Å². The monoisotopic (exact) mass is 226 g/mol. The van der Waals surface area contributed by atoms with Gasteiger partial charge in [-0.1, -0.05) is 6.42 Å². The van der Waals surface area contributed by atoms with E-state index in [9.17, 15) is 4.79 Å². The second kappa shape index (κ2) is 7.00. The molecule has 5 heteroatoms. The van der Waals surface area contributed by atoms with Gasteiger partial charge < -0.3 is 14.8 Å². The van der Waals surface area contributed by atoms with Crippen molar-refractivity contribution < 1.29 is 14.3 Å². The van der Waals surface area contributed by atoms with Gasteiger partial charge in [0.2, 0.25) is 5.89 Å². The van der Waals surface area contributed by atoms with Gasteiger partial charge in [-0.05, 0) is 26.3 Å². The number of carboxylic acid groups (broad SMARTS) is 1. The summed E-state index contributed by atoms with van der Waals surface area (Å²) in [7, 11) is 0. The molecule has 0 saturated heterocycles. The van der Waals surface area contributed by atoms with Gasteiger partial charge in [-0.15, -0.1) is 0 Å². The van der Waals surface area contributed by atoms with E-state index < -0.39 is 5.97 Å². The molecular formula is C11H18N2O3. The third-order valence-electron chi connectivity index (χ3n) is 2.19. The summed E-state index contributed by atoms with van der Waals surface area (Å²) in [5.74, 6) is 0.796. The molecule has 0 fully saturated rings. The fraction of sp³-hybridized carbons (Fsp3) is 0.636. The molecule has 0 aliphatic heterocycles. The summed E-state index contributed by atoms with van der Waals surface area (Å²) in [6, 6.07) is 0. The number of rotatable bonds is 8. The largest absolute Gasteiger partial charge is 0.481 e. The van der Waals surface area contributed by atoms with Gasteiger partial charge in [-0.2, -0.15) is 0 Å². The Morgan fingerprint density at radius 1 is 1.50 bits per heavy atom. The van der Waals surface area contributed by atoms with E-state index >= 15 is 0 Å². The number of nitrogens with one attached hydrogen (secondary N) is 1. The second-order valence-corrected chi connectivity index (χ2v) is 3.75. The predicted octanol–water partition coefficient (Wildman–Crippen LogP) is 1.72. The molecule has 1 aromatic rings. The molecule has 5 nitrogen and oxygen atoms in total. The average Bonchev–Trinajstić information content (AvgIpc) is 2.62. The van der Waals surface area contributed by atoms with Gasteiger partial charge in [0.25, 0.3) is 0 Å². The molecule has 2 N–H and O–H groups in total. The Hall–Kier alpha value is -1.36. The van der Waals surface area contributed by atoms with Gasteiger partial charge in [0.05, 0.1) is 12.7 Å². The molecule has 1 rings (SSSR count). The van der Waals surface area contributed by atoms with Crippen molar-refractivity contribution in [3.63, 3.8) is 0 Å². The Morgan fingerprint density at radius 2 is 2.31 bits per heavy atom. The smallest absolute Gasteiger partial charge is 0.303 e. The lowest BCUT2D eigenvalue weighted by atomic mass is 10.2. The van der Waals surface area contributed by atoms with Crippen molar-refractivity contribution in [3.8, 4) is 0 Å². The number of aromatic nitrogens is 1. The van der Waals surface area contributed by atoms with Crippen LogP contribution in [0.3, 0.4) is 0 Å². The van der Waals surface area contributed by atoms with E-state index in [4.69, 9.17) is 9.52 Å². The first-order valence-corrected chi connectivity index (χ1v) is 5.52. The van der Waals surface area contributed by atoms with Crippen molar-refractivity contribution in [3.05, 3.63) is 17.8 Å². The molecule has 0 radical (unpaired) electrons. The van der Waals surface area contributed by atoms with Gasteiger partial charge in [0, 0.05) is 6.42 Å². The lowest BCUT2D eigenvalue weighted by Crippen LogP contribution is -2.14. The topological polar surface area (TPSA) is 75.4 Å². The molecule has 0 atom stereocenters. The molecule has 0 spiro atoms. The summed E-state index contributed by atoms with van der Waals surface area (Å²) >= 11 is 0. The fourth-order valence-electron chi connectivity index (χ4n) is 1.38. The van der Waals surface area contributed by atoms with E-state index in [-0.39, 0.29) is 6.42 Å². The fourth-order valence-corrected chi connectivity index (χ4v) is 1.38. The highest BCUT2D eigenvalue weighted by Gasteiger charge is 1.99. The molecule has 0 saturated carbocycles. The summed E-state index contributed by atoms with van der Waals surface area (Å²) in [5, 5.41) is 11.6. The number of carbonyl (C=O) groups is 1. The maximum Gasteiger partial charge on any atom is 0.303 e. The molecule has 1 aromatic heterocycles. The second-order valence-electron chi connectivity index (χ2n) is 3.75. The molecule has 0 bridgehead atoms. The van der Waals surface area contributed by atoms with Crippen LogP contribution in [0.2, 0.25) is 0 Å². The average molecular weight is 226 g/mol. The lowest BCUT2D eigenvalue weighted by Gasteiger charge is -2.01. The maximum atomic E-state index is 10.2. The number of hydrogen-bond donors (Lipinski definition) is 2. The minimum Gasteiger partial charge on any atom is -0.481 e. The number of hydrogen-bond acceptors (Lipinski definition) is 4. The molecule has 0 aliphatic rings. The standard InChI is InChI=1S/C11H18N2O3/c1-9-7-13-10(16-9)8-12-6-4-2-3-5-11(14)15/h7,12H,2-6,8H2,1H3,(H,14,15). The molecule has 90 valence electrons. The zero-order valence-corrected chi connectivity index (χ0v) is 9.53. The van der Waals surface area contributed by atoms with Crippen LogP contribution in [0.15, 0.2) is 10.6 Å². The number of nitrogens with zero attached hydrogens (tertiary/aromatic N) is 1. The molecule has 0 aromatic carbocycles. The van der Waals surface area contributed by atoms with Crippen LogP contribution >= 0.6 is 0 Å². The highest BCUT2D eigenvalue weighted by molar-refractivity contribution is 5.66. The van der Waals surface area contributed by atoms with Crippen molar-refractivity contribution in [1.82, 2.24) is 10.3 Å². The number of unbranched alkanes of at least 4 members (excludes halogenated alkanes) is 2. The molecular weight excluding hydrogens is 208 g/mol. The van der Waals surface area contributed by atoms with Crippen molar-refractivity contribution in [2.75, 3.05) is 6.54 Å². The van der Waals surface area contributed by atoms with Crippen molar-refractivity contribution in [2.45, 2.75) is 39.2 Å².